The molecule has 0 amide bonds. The number of hydrogen-bond donors (Lipinski definition) is 0. The number of nitrogens with zero attached hydrogens (tertiary/aromatic N) is 1. The molecule has 0 aliphatic heterocycles. The van der Waals surface area contributed by atoms with E-state index >= 15 is 0 Å². The van der Waals surface area contributed by atoms with E-state index in [-0.39, 0.29) is 11.2 Å². The number of methoxy groups -OCH3 is 1. The average Bonchev–Trinajstić information content (AvgIpc) is 2.26. The first-order valence-corrected chi connectivity index (χ1v) is 6.69. The van der Waals surface area contributed by atoms with E-state index in [4.69, 9.17) is 16.3 Å². The zero-order valence-electron chi connectivity index (χ0n) is 11.5. The van der Waals surface area contributed by atoms with Crippen LogP contribution in [0.25, 0.3) is 0 Å². The number of Topliss-reactive ketones (excluding diaryl/α,β-unsaturated/α-hetero) is 1. The molecule has 1 fully saturated rings. The van der Waals surface area contributed by atoms with Gasteiger partial charge in [-0.25, -0.2) is 0 Å². The molecule has 1 aliphatic carbocycles. The lowest BCUT2D eigenvalue weighted by atomic mass is 9.76. The minimum absolute atomic E-state index is 0.0139. The molecule has 1 aliphatic rings. The van der Waals surface area contributed by atoms with Gasteiger partial charge in [0.25, 0.3) is 0 Å². The van der Waals surface area contributed by atoms with Gasteiger partial charge in [0.2, 0.25) is 0 Å². The van der Waals surface area contributed by atoms with Gasteiger partial charge in [-0.2, -0.15) is 0 Å². The largest absolute Gasteiger partial charge is 0.494 e. The summed E-state index contributed by atoms with van der Waals surface area (Å²) in [7, 11) is 1.60. The molecule has 0 unspecified atom stereocenters. The summed E-state index contributed by atoms with van der Waals surface area (Å²) >= 11 is 5.98. The fourth-order valence-electron chi connectivity index (χ4n) is 2.50. The fourth-order valence-corrected chi connectivity index (χ4v) is 2.67. The minimum Gasteiger partial charge on any atom is -0.494 e. The van der Waals surface area contributed by atoms with Crippen molar-refractivity contribution in [3.8, 4) is 5.75 Å². The van der Waals surface area contributed by atoms with Crippen molar-refractivity contribution in [3.05, 3.63) is 23.2 Å². The molecule has 3 nitrogen and oxygen atoms in total. The van der Waals surface area contributed by atoms with Crippen LogP contribution in [0.2, 0.25) is 5.02 Å². The van der Waals surface area contributed by atoms with E-state index in [1.54, 1.807) is 25.3 Å². The monoisotopic (exact) mass is 279 g/mol. The molecule has 1 aromatic rings. The van der Waals surface area contributed by atoms with Gasteiger partial charge in [-0.1, -0.05) is 25.4 Å². The molecule has 0 heterocycles. The van der Waals surface area contributed by atoms with Crippen LogP contribution in [0.15, 0.2) is 23.2 Å². The van der Waals surface area contributed by atoms with E-state index in [0.29, 0.717) is 29.3 Å². The summed E-state index contributed by atoms with van der Waals surface area (Å²) in [6, 6.07) is 5.32. The summed E-state index contributed by atoms with van der Waals surface area (Å²) in [5, 5.41) is 0.613. The van der Waals surface area contributed by atoms with Crippen LogP contribution in [-0.2, 0) is 4.79 Å². The maximum Gasteiger partial charge on any atom is 0.144 e. The number of ether oxygens (including phenoxy) is 1. The summed E-state index contributed by atoms with van der Waals surface area (Å²) in [6.45, 7) is 4.18. The number of carbonyl (C=O) groups is 1. The Morgan fingerprint density at radius 3 is 2.68 bits per heavy atom. The molecule has 102 valence electrons. The van der Waals surface area contributed by atoms with Crippen LogP contribution in [-0.4, -0.2) is 18.6 Å². The Bertz CT molecular complexity index is 535. The lowest BCUT2D eigenvalue weighted by molar-refractivity contribution is -0.120. The first kappa shape index (κ1) is 14.1. The SMILES string of the molecule is COc1ccc(Cl)cc1N=C1CC(=O)CC(C)(C)C1. The number of hydrogen-bond acceptors (Lipinski definition) is 3. The van der Waals surface area contributed by atoms with Crippen molar-refractivity contribution in [2.75, 3.05) is 7.11 Å². The van der Waals surface area contributed by atoms with Gasteiger partial charge in [0.15, 0.2) is 0 Å². The summed E-state index contributed by atoms with van der Waals surface area (Å²) in [5.41, 5.74) is 1.58. The van der Waals surface area contributed by atoms with Crippen molar-refractivity contribution in [1.29, 1.82) is 0 Å². The van der Waals surface area contributed by atoms with Gasteiger partial charge in [-0.15, -0.1) is 0 Å². The molecule has 0 bridgehead atoms. The molecule has 4 heteroatoms. The van der Waals surface area contributed by atoms with E-state index in [1.165, 1.54) is 0 Å². The van der Waals surface area contributed by atoms with Gasteiger partial charge in [0.05, 0.1) is 7.11 Å². The molecule has 0 spiro atoms. The number of rotatable bonds is 2. The molecule has 0 atom stereocenters. The van der Waals surface area contributed by atoms with E-state index < -0.39 is 0 Å². The van der Waals surface area contributed by atoms with Gasteiger partial charge in [0.1, 0.15) is 17.2 Å². The number of halogens is 1. The van der Waals surface area contributed by atoms with E-state index in [2.05, 4.69) is 18.8 Å². The molecular formula is C15H18ClNO2. The Kier molecular flexibility index (Phi) is 3.95. The smallest absolute Gasteiger partial charge is 0.144 e. The Balaban J connectivity index is 2.35. The highest BCUT2D eigenvalue weighted by Gasteiger charge is 2.30. The Morgan fingerprint density at radius 1 is 1.32 bits per heavy atom. The molecular weight excluding hydrogens is 262 g/mol. The summed E-state index contributed by atoms with van der Waals surface area (Å²) in [5.74, 6) is 0.920. The van der Waals surface area contributed by atoms with Crippen LogP contribution in [0.3, 0.4) is 0 Å². The molecule has 19 heavy (non-hydrogen) atoms. The second-order valence-corrected chi connectivity index (χ2v) is 6.16. The van der Waals surface area contributed by atoms with Crippen LogP contribution in [0.4, 0.5) is 5.69 Å². The lowest BCUT2D eigenvalue weighted by Crippen LogP contribution is -2.28. The number of aliphatic imine (C=N–C) groups is 1. The van der Waals surface area contributed by atoms with Crippen LogP contribution in [0, 0.1) is 5.41 Å². The number of carbonyl (C=O) groups excluding carboxylic acids is 1. The van der Waals surface area contributed by atoms with Crippen LogP contribution < -0.4 is 4.74 Å². The summed E-state index contributed by atoms with van der Waals surface area (Å²) in [6.07, 6.45) is 1.88. The predicted octanol–water partition coefficient (Wildman–Crippen LogP) is 4.20. The molecule has 0 saturated heterocycles. The minimum atomic E-state index is -0.0139. The quantitative estimate of drug-likeness (QED) is 0.814. The first-order chi connectivity index (χ1) is 8.89. The number of ketones is 1. The van der Waals surface area contributed by atoms with Crippen LogP contribution >= 0.6 is 11.6 Å². The topological polar surface area (TPSA) is 38.7 Å². The van der Waals surface area contributed by atoms with Gasteiger partial charge in [0, 0.05) is 23.6 Å². The molecule has 0 N–H and O–H groups in total. The van der Waals surface area contributed by atoms with Crippen molar-refractivity contribution in [3.63, 3.8) is 0 Å². The summed E-state index contributed by atoms with van der Waals surface area (Å²) in [4.78, 5) is 16.3. The number of benzene rings is 1. The maximum atomic E-state index is 11.8. The predicted molar refractivity (Wildman–Crippen MR) is 77.7 cm³/mol. The molecule has 1 aromatic carbocycles. The first-order valence-electron chi connectivity index (χ1n) is 6.31. The molecule has 0 aromatic heterocycles. The van der Waals surface area contributed by atoms with Crippen molar-refractivity contribution >= 4 is 28.8 Å². The molecule has 2 rings (SSSR count). The van der Waals surface area contributed by atoms with Crippen molar-refractivity contribution in [2.45, 2.75) is 33.1 Å². The third kappa shape index (κ3) is 3.57. The Morgan fingerprint density at radius 2 is 2.05 bits per heavy atom. The second kappa shape index (κ2) is 5.33. The molecule has 1 saturated carbocycles. The van der Waals surface area contributed by atoms with E-state index in [9.17, 15) is 4.79 Å². The zero-order chi connectivity index (χ0) is 14.0. The van der Waals surface area contributed by atoms with Crippen molar-refractivity contribution in [1.82, 2.24) is 0 Å². The van der Waals surface area contributed by atoms with Gasteiger partial charge >= 0.3 is 0 Å². The van der Waals surface area contributed by atoms with E-state index in [0.717, 1.165) is 12.1 Å². The zero-order valence-corrected chi connectivity index (χ0v) is 12.3. The third-order valence-electron chi connectivity index (χ3n) is 3.18. The second-order valence-electron chi connectivity index (χ2n) is 5.73. The van der Waals surface area contributed by atoms with E-state index in [1.807, 2.05) is 0 Å². The standard InChI is InChI=1S/C15H18ClNO2/c1-15(2)8-11(7-12(18)9-15)17-13-6-10(16)4-5-14(13)19-3/h4-6H,7-9H2,1-3H3. The highest BCUT2D eigenvalue weighted by Crippen LogP contribution is 2.35. The van der Waals surface area contributed by atoms with Crippen LogP contribution in [0.5, 0.6) is 5.75 Å². The maximum absolute atomic E-state index is 11.8. The van der Waals surface area contributed by atoms with Gasteiger partial charge < -0.3 is 4.74 Å². The van der Waals surface area contributed by atoms with Crippen molar-refractivity contribution in [2.24, 2.45) is 10.4 Å². The fraction of sp³-hybridized carbons (Fsp3) is 0.467. The summed E-state index contributed by atoms with van der Waals surface area (Å²) < 4.78 is 5.27. The van der Waals surface area contributed by atoms with Crippen molar-refractivity contribution < 1.29 is 9.53 Å². The highest BCUT2D eigenvalue weighted by molar-refractivity contribution is 6.30. The Hall–Kier alpha value is -1.35. The average molecular weight is 280 g/mol. The van der Waals surface area contributed by atoms with Crippen LogP contribution in [0.1, 0.15) is 33.1 Å². The molecule has 0 radical (unpaired) electrons. The van der Waals surface area contributed by atoms with Gasteiger partial charge in [-0.3, -0.25) is 9.79 Å². The third-order valence-corrected chi connectivity index (χ3v) is 3.41. The highest BCUT2D eigenvalue weighted by atomic mass is 35.5. The lowest BCUT2D eigenvalue weighted by Gasteiger charge is -2.29. The normalized spacial score (nSPS) is 20.6. The Labute approximate surface area is 118 Å². The van der Waals surface area contributed by atoms with Gasteiger partial charge in [-0.05, 0) is 30.0 Å².